The molecular weight excluding hydrogens is 378 g/mol. The molecule has 1 N–H and O–H groups in total. The number of hydrogen-bond acceptors (Lipinski definition) is 5. The summed E-state index contributed by atoms with van der Waals surface area (Å²) in [6.45, 7) is 2.03. The first kappa shape index (κ1) is 19.4. The van der Waals surface area contributed by atoms with Gasteiger partial charge in [0.1, 0.15) is 12.0 Å². The van der Waals surface area contributed by atoms with Crippen LogP contribution in [-0.2, 0) is 18.3 Å². The second-order valence-corrected chi connectivity index (χ2v) is 7.24. The topological polar surface area (TPSA) is 89.8 Å². The zero-order chi connectivity index (χ0) is 21.1. The van der Waals surface area contributed by atoms with Gasteiger partial charge in [-0.05, 0) is 25.0 Å². The molecule has 0 spiro atoms. The van der Waals surface area contributed by atoms with Crippen LogP contribution in [0.25, 0.3) is 11.0 Å². The Hall–Kier alpha value is -3.87. The predicted molar refractivity (Wildman–Crippen MR) is 114 cm³/mol. The molecule has 150 valence electrons. The summed E-state index contributed by atoms with van der Waals surface area (Å²) >= 11 is 0. The van der Waals surface area contributed by atoms with Gasteiger partial charge in [-0.25, -0.2) is 9.97 Å². The Morgan fingerprint density at radius 1 is 1.10 bits per heavy atom. The lowest BCUT2D eigenvalue weighted by Gasteiger charge is -2.07. The van der Waals surface area contributed by atoms with Crippen molar-refractivity contribution in [2.75, 3.05) is 5.32 Å². The lowest BCUT2D eigenvalue weighted by atomic mass is 10.1. The summed E-state index contributed by atoms with van der Waals surface area (Å²) in [5.41, 5.74) is 4.35. The van der Waals surface area contributed by atoms with E-state index in [-0.39, 0.29) is 11.7 Å². The van der Waals surface area contributed by atoms with E-state index in [1.54, 1.807) is 23.0 Å². The maximum atomic E-state index is 13.0. The summed E-state index contributed by atoms with van der Waals surface area (Å²) in [5, 5.41) is 3.51. The summed E-state index contributed by atoms with van der Waals surface area (Å²) in [5.74, 6) is -0.319. The molecule has 0 saturated heterocycles. The highest BCUT2D eigenvalue weighted by molar-refractivity contribution is 6.16. The Balaban J connectivity index is 1.48. The van der Waals surface area contributed by atoms with Crippen molar-refractivity contribution in [2.24, 2.45) is 7.05 Å². The predicted octanol–water partition coefficient (Wildman–Crippen LogP) is 3.47. The van der Waals surface area contributed by atoms with Crippen molar-refractivity contribution in [1.82, 2.24) is 19.5 Å². The number of ketones is 1. The first-order chi connectivity index (χ1) is 14.5. The number of rotatable bonds is 6. The van der Waals surface area contributed by atoms with Crippen LogP contribution >= 0.6 is 0 Å². The molecule has 0 radical (unpaired) electrons. The van der Waals surface area contributed by atoms with E-state index in [1.807, 2.05) is 32.2 Å². The normalized spacial score (nSPS) is 10.9. The number of aryl methyl sites for hydroxylation is 3. The van der Waals surface area contributed by atoms with E-state index in [2.05, 4.69) is 26.3 Å². The Morgan fingerprint density at radius 3 is 2.80 bits per heavy atom. The van der Waals surface area contributed by atoms with E-state index < -0.39 is 0 Å². The first-order valence-corrected chi connectivity index (χ1v) is 9.61. The summed E-state index contributed by atoms with van der Waals surface area (Å²) in [7, 11) is 1.83. The molecular formula is C23H21N5O2. The van der Waals surface area contributed by atoms with E-state index in [0.29, 0.717) is 40.7 Å². The average Bonchev–Trinajstić information content (AvgIpc) is 3.09. The van der Waals surface area contributed by atoms with Crippen LogP contribution < -0.4 is 5.32 Å². The van der Waals surface area contributed by atoms with Gasteiger partial charge in [0.25, 0.3) is 0 Å². The molecule has 0 fully saturated rings. The number of amides is 1. The van der Waals surface area contributed by atoms with Gasteiger partial charge in [0.2, 0.25) is 5.91 Å². The highest BCUT2D eigenvalue weighted by Crippen LogP contribution is 2.21. The molecule has 0 aliphatic heterocycles. The molecule has 1 aromatic carbocycles. The quantitative estimate of drug-likeness (QED) is 0.502. The third-order valence-electron chi connectivity index (χ3n) is 4.89. The zero-order valence-corrected chi connectivity index (χ0v) is 16.8. The van der Waals surface area contributed by atoms with Gasteiger partial charge in [0.05, 0.1) is 17.4 Å². The van der Waals surface area contributed by atoms with Crippen LogP contribution in [0.5, 0.6) is 0 Å². The molecule has 7 heteroatoms. The molecule has 4 rings (SSSR count). The Morgan fingerprint density at radius 2 is 1.97 bits per heavy atom. The van der Waals surface area contributed by atoms with Gasteiger partial charge in [-0.3, -0.25) is 14.6 Å². The minimum Gasteiger partial charge on any atom is -0.335 e. The number of carbonyl (C=O) groups is 2. The van der Waals surface area contributed by atoms with Crippen LogP contribution in [-0.4, -0.2) is 31.2 Å². The standard InChI is InChI=1S/C23H21N5O2/c1-15-4-3-5-16(8-15)6-7-21(29)27-18-9-17(10-24-11-18)22(30)20-13-28(2)23-19(20)12-25-14-26-23/h3-5,8-14H,6-7H2,1-2H3,(H,27,29). The smallest absolute Gasteiger partial charge is 0.224 e. The monoisotopic (exact) mass is 399 g/mol. The van der Waals surface area contributed by atoms with Crippen LogP contribution in [0.2, 0.25) is 0 Å². The fraction of sp³-hybridized carbons (Fsp3) is 0.174. The van der Waals surface area contributed by atoms with Crippen molar-refractivity contribution < 1.29 is 9.59 Å². The number of fused-ring (bicyclic) bond motifs is 1. The van der Waals surface area contributed by atoms with Crippen LogP contribution in [0.1, 0.15) is 33.5 Å². The maximum absolute atomic E-state index is 13.0. The molecule has 1 amide bonds. The molecule has 4 aromatic rings. The molecule has 0 saturated carbocycles. The van der Waals surface area contributed by atoms with Gasteiger partial charge in [0.15, 0.2) is 5.78 Å². The van der Waals surface area contributed by atoms with E-state index >= 15 is 0 Å². The number of carbonyl (C=O) groups excluding carboxylic acids is 2. The van der Waals surface area contributed by atoms with Crippen molar-refractivity contribution >= 4 is 28.4 Å². The third-order valence-corrected chi connectivity index (χ3v) is 4.89. The maximum Gasteiger partial charge on any atom is 0.224 e. The fourth-order valence-corrected chi connectivity index (χ4v) is 3.44. The van der Waals surface area contributed by atoms with Crippen LogP contribution in [0.3, 0.4) is 0 Å². The van der Waals surface area contributed by atoms with E-state index in [9.17, 15) is 9.59 Å². The number of nitrogens with one attached hydrogen (secondary N) is 1. The van der Waals surface area contributed by atoms with E-state index in [4.69, 9.17) is 0 Å². The average molecular weight is 399 g/mol. The van der Waals surface area contributed by atoms with Crippen LogP contribution in [0, 0.1) is 6.92 Å². The Bertz CT molecular complexity index is 1250. The number of hydrogen-bond donors (Lipinski definition) is 1. The summed E-state index contributed by atoms with van der Waals surface area (Å²) in [4.78, 5) is 37.7. The van der Waals surface area contributed by atoms with Crippen molar-refractivity contribution in [1.29, 1.82) is 0 Å². The first-order valence-electron chi connectivity index (χ1n) is 9.61. The SMILES string of the molecule is Cc1cccc(CCC(=O)Nc2cncc(C(=O)c3cn(C)c4ncncc34)c2)c1. The number of aromatic nitrogens is 4. The van der Waals surface area contributed by atoms with Gasteiger partial charge < -0.3 is 9.88 Å². The second-order valence-electron chi connectivity index (χ2n) is 7.24. The molecule has 0 unspecified atom stereocenters. The van der Waals surface area contributed by atoms with E-state index in [0.717, 1.165) is 5.56 Å². The lowest BCUT2D eigenvalue weighted by molar-refractivity contribution is -0.116. The van der Waals surface area contributed by atoms with Gasteiger partial charge in [-0.2, -0.15) is 0 Å². The van der Waals surface area contributed by atoms with Crippen molar-refractivity contribution in [3.63, 3.8) is 0 Å². The summed E-state index contributed by atoms with van der Waals surface area (Å²) in [6.07, 6.45) is 8.83. The second kappa shape index (κ2) is 8.24. The minimum atomic E-state index is -0.196. The van der Waals surface area contributed by atoms with Crippen LogP contribution in [0.15, 0.2) is 61.4 Å². The fourth-order valence-electron chi connectivity index (χ4n) is 3.44. The lowest BCUT2D eigenvalue weighted by Crippen LogP contribution is -2.13. The molecule has 0 aliphatic rings. The highest BCUT2D eigenvalue weighted by Gasteiger charge is 2.17. The molecule has 3 heterocycles. The Labute approximate surface area is 173 Å². The number of nitrogens with zero attached hydrogens (tertiary/aromatic N) is 4. The van der Waals surface area contributed by atoms with Crippen LogP contribution in [0.4, 0.5) is 5.69 Å². The molecule has 0 bridgehead atoms. The summed E-state index contributed by atoms with van der Waals surface area (Å²) in [6, 6.07) is 9.74. The van der Waals surface area contributed by atoms with Crippen molar-refractivity contribution in [3.05, 3.63) is 83.7 Å². The molecule has 7 nitrogen and oxygen atoms in total. The zero-order valence-electron chi connectivity index (χ0n) is 16.8. The van der Waals surface area contributed by atoms with Crippen molar-refractivity contribution in [2.45, 2.75) is 19.8 Å². The minimum absolute atomic E-state index is 0.124. The van der Waals surface area contributed by atoms with Gasteiger partial charge in [0, 0.05) is 43.0 Å². The molecule has 3 aromatic heterocycles. The number of pyridine rings is 1. The van der Waals surface area contributed by atoms with Gasteiger partial charge >= 0.3 is 0 Å². The molecule has 30 heavy (non-hydrogen) atoms. The summed E-state index contributed by atoms with van der Waals surface area (Å²) < 4.78 is 1.79. The largest absolute Gasteiger partial charge is 0.335 e. The molecule has 0 aliphatic carbocycles. The third kappa shape index (κ3) is 4.10. The number of anilines is 1. The van der Waals surface area contributed by atoms with Gasteiger partial charge in [-0.15, -0.1) is 0 Å². The highest BCUT2D eigenvalue weighted by atomic mass is 16.1. The molecule has 0 atom stereocenters. The number of benzene rings is 1. The van der Waals surface area contributed by atoms with Gasteiger partial charge in [-0.1, -0.05) is 29.8 Å². The van der Waals surface area contributed by atoms with E-state index in [1.165, 1.54) is 24.3 Å². The Kier molecular flexibility index (Phi) is 5.34. The van der Waals surface area contributed by atoms with Crippen molar-refractivity contribution in [3.8, 4) is 0 Å².